The first-order valence-electron chi connectivity index (χ1n) is 9.83. The molecule has 0 saturated carbocycles. The summed E-state index contributed by atoms with van der Waals surface area (Å²) in [5.74, 6) is -0.667. The van der Waals surface area contributed by atoms with E-state index in [1.165, 1.54) is 12.1 Å². The van der Waals surface area contributed by atoms with Crippen LogP contribution < -0.4 is 9.62 Å². The van der Waals surface area contributed by atoms with Crippen molar-refractivity contribution in [3.05, 3.63) is 58.6 Å². The van der Waals surface area contributed by atoms with Crippen molar-refractivity contribution in [2.75, 3.05) is 24.0 Å². The number of aryl methyl sites for hydroxylation is 1. The Morgan fingerprint density at radius 3 is 2.50 bits per heavy atom. The Labute approximate surface area is 189 Å². The number of anilines is 1. The second-order valence-electron chi connectivity index (χ2n) is 7.43. The highest BCUT2D eigenvalue weighted by molar-refractivity contribution is 7.92. The van der Waals surface area contributed by atoms with Gasteiger partial charge in [-0.05, 0) is 50.1 Å². The molecule has 1 aliphatic heterocycles. The number of halogens is 4. The lowest BCUT2D eigenvalue weighted by molar-refractivity contribution is -0.137. The molecule has 1 N–H and O–H groups in total. The van der Waals surface area contributed by atoms with Gasteiger partial charge in [-0.1, -0.05) is 29.3 Å². The van der Waals surface area contributed by atoms with Gasteiger partial charge in [0.15, 0.2) is 0 Å². The van der Waals surface area contributed by atoms with E-state index in [1.54, 1.807) is 19.1 Å². The molecule has 6 nitrogen and oxygen atoms in total. The molecule has 0 radical (unpaired) electrons. The monoisotopic (exact) mass is 490 g/mol. The number of benzene rings is 2. The SMILES string of the molecule is Cc1ccc(S(=O)(=O)N(CC(=O)NC[C@H]2CCCO2)c2ccc(Cl)c(C(F)(F)F)c2)cc1. The third-order valence-electron chi connectivity index (χ3n) is 4.99. The second-order valence-corrected chi connectivity index (χ2v) is 9.70. The number of ether oxygens (including phenoxy) is 1. The largest absolute Gasteiger partial charge is 0.417 e. The molecule has 1 fully saturated rings. The molecular formula is C21H22ClF3N2O4S. The average Bonchev–Trinajstić information content (AvgIpc) is 3.24. The third-order valence-corrected chi connectivity index (χ3v) is 7.11. The summed E-state index contributed by atoms with van der Waals surface area (Å²) < 4.78 is 72.8. The number of hydrogen-bond acceptors (Lipinski definition) is 4. The van der Waals surface area contributed by atoms with Crippen molar-refractivity contribution < 1.29 is 31.1 Å². The van der Waals surface area contributed by atoms with Gasteiger partial charge in [-0.15, -0.1) is 0 Å². The second kappa shape index (κ2) is 9.68. The maximum atomic E-state index is 13.4. The summed E-state index contributed by atoms with van der Waals surface area (Å²) in [5, 5.41) is 2.02. The third kappa shape index (κ3) is 5.73. The van der Waals surface area contributed by atoms with Crippen molar-refractivity contribution >= 4 is 33.2 Å². The van der Waals surface area contributed by atoms with Gasteiger partial charge in [0.05, 0.1) is 27.3 Å². The number of nitrogens with zero attached hydrogens (tertiary/aromatic N) is 1. The number of amides is 1. The van der Waals surface area contributed by atoms with E-state index in [9.17, 15) is 26.4 Å². The van der Waals surface area contributed by atoms with E-state index >= 15 is 0 Å². The van der Waals surface area contributed by atoms with Crippen molar-refractivity contribution in [2.45, 2.75) is 36.9 Å². The maximum absolute atomic E-state index is 13.4. The molecule has 1 heterocycles. The summed E-state index contributed by atoms with van der Waals surface area (Å²) in [5.41, 5.74) is -0.717. The summed E-state index contributed by atoms with van der Waals surface area (Å²) in [7, 11) is -4.35. The fourth-order valence-electron chi connectivity index (χ4n) is 3.26. The zero-order valence-corrected chi connectivity index (χ0v) is 18.7. The first kappa shape index (κ1) is 24.3. The Bertz CT molecular complexity index is 1070. The van der Waals surface area contributed by atoms with Crippen LogP contribution in [0.5, 0.6) is 0 Å². The fraction of sp³-hybridized carbons (Fsp3) is 0.381. The molecular weight excluding hydrogens is 469 g/mol. The van der Waals surface area contributed by atoms with Crippen LogP contribution in [0.1, 0.15) is 24.0 Å². The summed E-state index contributed by atoms with van der Waals surface area (Å²) in [6.07, 6.45) is -3.35. The summed E-state index contributed by atoms with van der Waals surface area (Å²) >= 11 is 5.68. The van der Waals surface area contributed by atoms with E-state index in [0.717, 1.165) is 30.5 Å². The predicted molar refractivity (Wildman–Crippen MR) is 114 cm³/mol. The summed E-state index contributed by atoms with van der Waals surface area (Å²) in [4.78, 5) is 12.4. The van der Waals surface area contributed by atoms with Gasteiger partial charge in [-0.25, -0.2) is 8.42 Å². The number of carbonyl (C=O) groups is 1. The highest BCUT2D eigenvalue weighted by Crippen LogP contribution is 2.38. The molecule has 0 unspecified atom stereocenters. The molecule has 1 saturated heterocycles. The van der Waals surface area contributed by atoms with Crippen molar-refractivity contribution in [3.63, 3.8) is 0 Å². The van der Waals surface area contributed by atoms with Gasteiger partial charge in [0, 0.05) is 13.2 Å². The molecule has 32 heavy (non-hydrogen) atoms. The molecule has 1 atom stereocenters. The molecule has 0 spiro atoms. The molecule has 1 aliphatic rings. The molecule has 2 aromatic carbocycles. The summed E-state index contributed by atoms with van der Waals surface area (Å²) in [6, 6.07) is 8.52. The van der Waals surface area contributed by atoms with E-state index in [0.29, 0.717) is 17.0 Å². The maximum Gasteiger partial charge on any atom is 0.417 e. The zero-order valence-electron chi connectivity index (χ0n) is 17.2. The van der Waals surface area contributed by atoms with Gasteiger partial charge < -0.3 is 10.1 Å². The van der Waals surface area contributed by atoms with Crippen LogP contribution in [0, 0.1) is 6.92 Å². The van der Waals surface area contributed by atoms with Crippen LogP contribution >= 0.6 is 11.6 Å². The topological polar surface area (TPSA) is 75.7 Å². The normalized spacial score (nSPS) is 16.7. The van der Waals surface area contributed by atoms with Crippen molar-refractivity contribution in [1.29, 1.82) is 0 Å². The van der Waals surface area contributed by atoms with Gasteiger partial charge in [0.25, 0.3) is 10.0 Å². The predicted octanol–water partition coefficient (Wildman–Crippen LogP) is 4.16. The average molecular weight is 491 g/mol. The molecule has 3 rings (SSSR count). The van der Waals surface area contributed by atoms with Crippen molar-refractivity contribution in [3.8, 4) is 0 Å². The zero-order chi connectivity index (χ0) is 23.5. The molecule has 0 aliphatic carbocycles. The molecule has 1 amide bonds. The van der Waals surface area contributed by atoms with E-state index in [1.807, 2.05) is 0 Å². The number of carbonyl (C=O) groups excluding carboxylic acids is 1. The van der Waals surface area contributed by atoms with Crippen LogP contribution in [0.25, 0.3) is 0 Å². The standard InChI is InChI=1S/C21H22ClF3N2O4S/c1-14-4-7-17(8-5-14)32(29,30)27(13-20(28)26-12-16-3-2-10-31-16)15-6-9-19(22)18(11-15)21(23,24)25/h4-9,11,16H,2-3,10,12-13H2,1H3,(H,26,28)/t16-/m1/s1. The Balaban J connectivity index is 1.95. The Kier molecular flexibility index (Phi) is 7.36. The minimum Gasteiger partial charge on any atom is -0.376 e. The smallest absolute Gasteiger partial charge is 0.376 e. The van der Waals surface area contributed by atoms with Gasteiger partial charge >= 0.3 is 6.18 Å². The van der Waals surface area contributed by atoms with E-state index < -0.39 is 39.2 Å². The molecule has 0 aromatic heterocycles. The van der Waals surface area contributed by atoms with Crippen LogP contribution in [-0.2, 0) is 25.7 Å². The van der Waals surface area contributed by atoms with E-state index in [4.69, 9.17) is 16.3 Å². The van der Waals surface area contributed by atoms with Crippen molar-refractivity contribution in [1.82, 2.24) is 5.32 Å². The van der Waals surface area contributed by atoms with Gasteiger partial charge in [-0.3, -0.25) is 9.10 Å². The quantitative estimate of drug-likeness (QED) is 0.632. The van der Waals surface area contributed by atoms with Gasteiger partial charge in [0.1, 0.15) is 6.54 Å². The van der Waals surface area contributed by atoms with Crippen LogP contribution in [-0.4, -0.2) is 40.1 Å². The Morgan fingerprint density at radius 1 is 1.22 bits per heavy atom. The number of hydrogen-bond donors (Lipinski definition) is 1. The molecule has 174 valence electrons. The van der Waals surface area contributed by atoms with Crippen molar-refractivity contribution in [2.24, 2.45) is 0 Å². The van der Waals surface area contributed by atoms with Crippen LogP contribution in [0.4, 0.5) is 18.9 Å². The van der Waals surface area contributed by atoms with E-state index in [2.05, 4.69) is 5.32 Å². The number of rotatable bonds is 7. The lowest BCUT2D eigenvalue weighted by atomic mass is 10.2. The summed E-state index contributed by atoms with van der Waals surface area (Å²) in [6.45, 7) is 1.83. The first-order chi connectivity index (χ1) is 15.0. The highest BCUT2D eigenvalue weighted by atomic mass is 35.5. The Morgan fingerprint density at radius 2 is 1.91 bits per heavy atom. The molecule has 11 heteroatoms. The lowest BCUT2D eigenvalue weighted by Gasteiger charge is -2.25. The number of alkyl halides is 3. The first-order valence-corrected chi connectivity index (χ1v) is 11.6. The van der Waals surface area contributed by atoms with Gasteiger partial charge in [-0.2, -0.15) is 13.2 Å². The van der Waals surface area contributed by atoms with E-state index in [-0.39, 0.29) is 23.2 Å². The van der Waals surface area contributed by atoms with Crippen LogP contribution in [0.2, 0.25) is 5.02 Å². The van der Waals surface area contributed by atoms with Gasteiger partial charge in [0.2, 0.25) is 5.91 Å². The number of nitrogens with one attached hydrogen (secondary N) is 1. The fourth-order valence-corrected chi connectivity index (χ4v) is 4.89. The minimum absolute atomic E-state index is 0.154. The van der Waals surface area contributed by atoms with Crippen LogP contribution in [0.3, 0.4) is 0 Å². The molecule has 2 aromatic rings. The Hall–Kier alpha value is -2.30. The van der Waals surface area contributed by atoms with Crippen LogP contribution in [0.15, 0.2) is 47.4 Å². The minimum atomic E-state index is -4.80. The lowest BCUT2D eigenvalue weighted by Crippen LogP contribution is -2.43. The number of sulfonamides is 1. The highest BCUT2D eigenvalue weighted by Gasteiger charge is 2.35. The molecule has 0 bridgehead atoms.